The van der Waals surface area contributed by atoms with E-state index in [1.165, 1.54) is 19.8 Å². The van der Waals surface area contributed by atoms with E-state index < -0.39 is 0 Å². The Bertz CT molecular complexity index is 502. The third-order valence-electron chi connectivity index (χ3n) is 2.59. The van der Waals surface area contributed by atoms with E-state index >= 15 is 0 Å². The zero-order valence-corrected chi connectivity index (χ0v) is 14.8. The van der Waals surface area contributed by atoms with Crippen LogP contribution in [0.1, 0.15) is 20.8 Å². The summed E-state index contributed by atoms with van der Waals surface area (Å²) in [5, 5.41) is 0. The lowest BCUT2D eigenvalue weighted by molar-refractivity contribution is 0.946. The second-order valence-corrected chi connectivity index (χ2v) is 8.52. The Morgan fingerprint density at radius 2 is 1.82 bits per heavy atom. The Hall–Kier alpha value is 0.360. The normalized spacial score (nSPS) is 12.7. The van der Waals surface area contributed by atoms with Crippen LogP contribution in [-0.4, -0.2) is 0 Å². The molecule has 4 heteroatoms. The fraction of sp³-hybridized carbons (Fsp3) is 0.231. The molecule has 0 saturated heterocycles. The molecule has 0 nitrogen and oxygen atoms in total. The van der Waals surface area contributed by atoms with Crippen molar-refractivity contribution in [1.82, 2.24) is 0 Å². The number of hydrogen-bond donors (Lipinski definition) is 0. The molecule has 0 radical (unpaired) electrons. The Labute approximate surface area is 131 Å². The van der Waals surface area contributed by atoms with Gasteiger partial charge in [0.1, 0.15) is 0 Å². The van der Waals surface area contributed by atoms with Crippen LogP contribution in [0.25, 0.3) is 0 Å². The minimum atomic E-state index is 0.381. The first-order valence-corrected chi connectivity index (χ1v) is 8.52. The van der Waals surface area contributed by atoms with Gasteiger partial charge in [0.05, 0.1) is 3.79 Å². The molecular weight excluding hydrogens is 428 g/mol. The van der Waals surface area contributed by atoms with E-state index in [9.17, 15) is 0 Å². The molecule has 1 unspecified atom stereocenters. The van der Waals surface area contributed by atoms with Gasteiger partial charge in [0.25, 0.3) is 0 Å². The van der Waals surface area contributed by atoms with Crippen molar-refractivity contribution in [2.45, 2.75) is 18.2 Å². The Morgan fingerprint density at radius 3 is 2.35 bits per heavy atom. The smallest absolute Gasteiger partial charge is 0.0704 e. The summed E-state index contributed by atoms with van der Waals surface area (Å²) < 4.78 is 2.33. The molecule has 0 aliphatic carbocycles. The number of benzene rings is 1. The molecule has 0 amide bonds. The standard InChI is InChI=1S/C13H11Br3S/c1-8-11(7-13(16)17-8)12(15)6-9-2-4-10(14)5-3-9/h2-5,7,12H,6H2,1H3. The zero-order chi connectivity index (χ0) is 12.4. The highest BCUT2D eigenvalue weighted by Crippen LogP contribution is 2.36. The van der Waals surface area contributed by atoms with Crippen molar-refractivity contribution in [2.24, 2.45) is 0 Å². The van der Waals surface area contributed by atoms with Crippen molar-refractivity contribution >= 4 is 59.1 Å². The quantitative estimate of drug-likeness (QED) is 0.496. The minimum absolute atomic E-state index is 0.381. The summed E-state index contributed by atoms with van der Waals surface area (Å²) in [5.41, 5.74) is 2.72. The van der Waals surface area contributed by atoms with Gasteiger partial charge in [0.15, 0.2) is 0 Å². The van der Waals surface area contributed by atoms with Crippen LogP contribution in [0.2, 0.25) is 0 Å². The third kappa shape index (κ3) is 3.66. The average Bonchev–Trinajstić information content (AvgIpc) is 2.61. The number of halogens is 3. The molecule has 1 aromatic carbocycles. The van der Waals surface area contributed by atoms with Gasteiger partial charge in [-0.2, -0.15) is 0 Å². The fourth-order valence-corrected chi connectivity index (χ4v) is 4.74. The molecule has 0 aliphatic heterocycles. The largest absolute Gasteiger partial charge is 0.133 e. The van der Waals surface area contributed by atoms with E-state index in [4.69, 9.17) is 0 Å². The zero-order valence-electron chi connectivity index (χ0n) is 9.21. The Kier molecular flexibility index (Phi) is 4.87. The molecule has 0 spiro atoms. The van der Waals surface area contributed by atoms with E-state index in [1.54, 1.807) is 11.3 Å². The summed E-state index contributed by atoms with van der Waals surface area (Å²) in [4.78, 5) is 1.75. The maximum atomic E-state index is 3.78. The Morgan fingerprint density at radius 1 is 1.18 bits per heavy atom. The summed E-state index contributed by atoms with van der Waals surface area (Å²) in [5.74, 6) is 0. The van der Waals surface area contributed by atoms with E-state index in [-0.39, 0.29) is 0 Å². The monoisotopic (exact) mass is 436 g/mol. The second kappa shape index (κ2) is 6.00. The first kappa shape index (κ1) is 13.8. The van der Waals surface area contributed by atoms with E-state index in [0.717, 1.165) is 10.9 Å². The van der Waals surface area contributed by atoms with Crippen LogP contribution in [0.15, 0.2) is 38.6 Å². The molecule has 0 aliphatic rings. The number of aryl methyl sites for hydroxylation is 1. The van der Waals surface area contributed by atoms with E-state index in [0.29, 0.717) is 4.83 Å². The topological polar surface area (TPSA) is 0 Å². The molecular formula is C13H11Br3S. The van der Waals surface area contributed by atoms with Crippen LogP contribution in [0.4, 0.5) is 0 Å². The van der Waals surface area contributed by atoms with Crippen molar-refractivity contribution in [2.75, 3.05) is 0 Å². The number of rotatable bonds is 3. The van der Waals surface area contributed by atoms with Gasteiger partial charge >= 0.3 is 0 Å². The van der Waals surface area contributed by atoms with Crippen LogP contribution in [-0.2, 0) is 6.42 Å². The van der Waals surface area contributed by atoms with Gasteiger partial charge in [-0.3, -0.25) is 0 Å². The molecule has 1 atom stereocenters. The van der Waals surface area contributed by atoms with Crippen LogP contribution in [0, 0.1) is 6.92 Å². The predicted octanol–water partition coefficient (Wildman–Crippen LogP) is 6.26. The maximum absolute atomic E-state index is 3.78. The summed E-state index contributed by atoms with van der Waals surface area (Å²) in [6.45, 7) is 2.17. The SMILES string of the molecule is Cc1sc(Br)cc1C(Br)Cc1ccc(Br)cc1. The molecule has 1 aromatic heterocycles. The van der Waals surface area contributed by atoms with Crippen molar-refractivity contribution in [3.8, 4) is 0 Å². The van der Waals surface area contributed by atoms with Crippen molar-refractivity contribution in [3.63, 3.8) is 0 Å². The van der Waals surface area contributed by atoms with Gasteiger partial charge in [-0.05, 0) is 58.6 Å². The van der Waals surface area contributed by atoms with Crippen molar-refractivity contribution in [1.29, 1.82) is 0 Å². The number of hydrogen-bond acceptors (Lipinski definition) is 1. The lowest BCUT2D eigenvalue weighted by Crippen LogP contribution is -1.95. The molecule has 0 saturated carbocycles. The van der Waals surface area contributed by atoms with Gasteiger partial charge in [0, 0.05) is 14.2 Å². The van der Waals surface area contributed by atoms with Gasteiger partial charge in [-0.15, -0.1) is 11.3 Å². The summed E-state index contributed by atoms with van der Waals surface area (Å²) >= 11 is 12.6. The minimum Gasteiger partial charge on any atom is -0.133 e. The highest BCUT2D eigenvalue weighted by Gasteiger charge is 2.13. The van der Waals surface area contributed by atoms with E-state index in [1.807, 2.05) is 0 Å². The summed E-state index contributed by atoms with van der Waals surface area (Å²) in [6.07, 6.45) is 1.01. The molecule has 1 heterocycles. The van der Waals surface area contributed by atoms with Gasteiger partial charge in [-0.25, -0.2) is 0 Å². The number of thiophene rings is 1. The van der Waals surface area contributed by atoms with Gasteiger partial charge in [0.2, 0.25) is 0 Å². The predicted molar refractivity (Wildman–Crippen MR) is 86.3 cm³/mol. The highest BCUT2D eigenvalue weighted by molar-refractivity contribution is 9.11. The first-order chi connectivity index (χ1) is 8.06. The number of alkyl halides is 1. The molecule has 0 bridgehead atoms. The lowest BCUT2D eigenvalue weighted by atomic mass is 10.1. The Balaban J connectivity index is 2.14. The highest BCUT2D eigenvalue weighted by atomic mass is 79.9. The van der Waals surface area contributed by atoms with E-state index in [2.05, 4.69) is 85.0 Å². The van der Waals surface area contributed by atoms with Crippen LogP contribution in [0.3, 0.4) is 0 Å². The van der Waals surface area contributed by atoms with Crippen molar-refractivity contribution in [3.05, 3.63) is 54.6 Å². The van der Waals surface area contributed by atoms with Gasteiger partial charge in [-0.1, -0.05) is 44.0 Å². The van der Waals surface area contributed by atoms with Crippen LogP contribution < -0.4 is 0 Å². The molecule has 17 heavy (non-hydrogen) atoms. The molecule has 90 valence electrons. The summed E-state index contributed by atoms with van der Waals surface area (Å²) in [6, 6.07) is 10.7. The van der Waals surface area contributed by atoms with Crippen molar-refractivity contribution < 1.29 is 0 Å². The van der Waals surface area contributed by atoms with Gasteiger partial charge < -0.3 is 0 Å². The lowest BCUT2D eigenvalue weighted by Gasteiger charge is -2.09. The molecule has 2 rings (SSSR count). The second-order valence-electron chi connectivity index (χ2n) is 3.86. The first-order valence-electron chi connectivity index (χ1n) is 5.20. The fourth-order valence-electron chi connectivity index (χ4n) is 1.71. The molecule has 2 aromatic rings. The molecule has 0 N–H and O–H groups in total. The average molecular weight is 439 g/mol. The maximum Gasteiger partial charge on any atom is 0.0704 e. The molecule has 0 fully saturated rings. The van der Waals surface area contributed by atoms with Crippen LogP contribution in [0.5, 0.6) is 0 Å². The van der Waals surface area contributed by atoms with Crippen LogP contribution >= 0.6 is 59.1 Å². The third-order valence-corrected chi connectivity index (χ3v) is 5.51. The summed E-state index contributed by atoms with van der Waals surface area (Å²) in [7, 11) is 0.